The maximum Gasteiger partial charge on any atom is 0.435 e. The molecule has 0 bridgehead atoms. The predicted molar refractivity (Wildman–Crippen MR) is 105 cm³/mol. The van der Waals surface area contributed by atoms with Crippen molar-refractivity contribution in [1.29, 1.82) is 0 Å². The summed E-state index contributed by atoms with van der Waals surface area (Å²) in [5.41, 5.74) is -0.587. The number of alkyl halides is 5. The second-order valence-corrected chi connectivity index (χ2v) is 11.2. The molecule has 4 fully saturated rings. The molecule has 2 saturated heterocycles. The molecule has 0 amide bonds. The van der Waals surface area contributed by atoms with Gasteiger partial charge in [0.25, 0.3) is 6.43 Å². The monoisotopic (exact) mass is 469 g/mol. The highest BCUT2D eigenvalue weighted by atomic mass is 32.2. The van der Waals surface area contributed by atoms with Gasteiger partial charge in [0.2, 0.25) is 0 Å². The molecule has 3 unspecified atom stereocenters. The van der Waals surface area contributed by atoms with Crippen molar-refractivity contribution in [3.63, 3.8) is 0 Å². The van der Waals surface area contributed by atoms with Crippen LogP contribution in [0.15, 0.2) is 6.07 Å². The number of piperidine rings is 1. The summed E-state index contributed by atoms with van der Waals surface area (Å²) in [4.78, 5) is 2.51. The first-order valence-corrected chi connectivity index (χ1v) is 12.2. The van der Waals surface area contributed by atoms with Gasteiger partial charge in [-0.05, 0) is 62.0 Å². The molecule has 1 spiro atoms. The lowest BCUT2D eigenvalue weighted by Crippen LogP contribution is -2.48. The van der Waals surface area contributed by atoms with Crippen LogP contribution in [0.1, 0.15) is 49.4 Å². The Morgan fingerprint density at radius 2 is 1.94 bits per heavy atom. The molecule has 1 aromatic rings. The van der Waals surface area contributed by atoms with E-state index in [1.807, 2.05) is 0 Å². The largest absolute Gasteiger partial charge is 0.435 e. The summed E-state index contributed by atoms with van der Waals surface area (Å²) in [6, 6.07) is 1.38. The van der Waals surface area contributed by atoms with Crippen LogP contribution in [0.2, 0.25) is 0 Å². The van der Waals surface area contributed by atoms with Crippen molar-refractivity contribution in [3.05, 3.63) is 17.5 Å². The second kappa shape index (κ2) is 8.06. The summed E-state index contributed by atoms with van der Waals surface area (Å²) < 4.78 is 77.8. The number of halogens is 5. The molecule has 2 aliphatic heterocycles. The van der Waals surface area contributed by atoms with Crippen LogP contribution in [0.4, 0.5) is 22.0 Å². The zero-order valence-electron chi connectivity index (χ0n) is 17.1. The van der Waals surface area contributed by atoms with Gasteiger partial charge >= 0.3 is 6.18 Å². The quantitative estimate of drug-likeness (QED) is 0.637. The third-order valence-electron chi connectivity index (χ3n) is 7.71. The Morgan fingerprint density at radius 1 is 1.23 bits per heavy atom. The second-order valence-electron chi connectivity index (χ2n) is 9.62. The van der Waals surface area contributed by atoms with Gasteiger partial charge in [-0.1, -0.05) is 0 Å². The standard InChI is InChI=1S/C20H26F5N3OS.H2O/c21-17(22)9-28-15(8-16(26-28)20(23,24)25)18-13-6-12(7-14(13)18)27-4-1-2-19(10-27)3-5-30(29)11-19;/h8,12-14,17-18H,1-7,9-11H2;1H2/t12?,13-,14+,18?,19-,30?;/m1./s1. The van der Waals surface area contributed by atoms with Crippen molar-refractivity contribution in [2.24, 2.45) is 17.3 Å². The van der Waals surface area contributed by atoms with Crippen LogP contribution in [0.3, 0.4) is 0 Å². The minimum absolute atomic E-state index is 0. The van der Waals surface area contributed by atoms with Gasteiger partial charge in [-0.25, -0.2) is 8.78 Å². The lowest BCUT2D eigenvalue weighted by Gasteiger charge is -2.43. The molecule has 31 heavy (non-hydrogen) atoms. The molecule has 2 saturated carbocycles. The topological polar surface area (TPSA) is 69.6 Å². The summed E-state index contributed by atoms with van der Waals surface area (Å²) in [6.45, 7) is 1.19. The summed E-state index contributed by atoms with van der Waals surface area (Å²) in [5.74, 6) is 1.99. The molecule has 2 N–H and O–H groups in total. The van der Waals surface area contributed by atoms with Gasteiger partial charge in [-0.2, -0.15) is 18.3 Å². The van der Waals surface area contributed by atoms with E-state index in [2.05, 4.69) is 10.00 Å². The Hall–Kier alpha value is -1.07. The van der Waals surface area contributed by atoms with Crippen molar-refractivity contribution in [2.75, 3.05) is 24.6 Å². The van der Waals surface area contributed by atoms with Crippen molar-refractivity contribution >= 4 is 10.8 Å². The summed E-state index contributed by atoms with van der Waals surface area (Å²) in [7, 11) is -0.707. The van der Waals surface area contributed by atoms with Crippen LogP contribution in [-0.2, 0) is 23.5 Å². The molecule has 3 heterocycles. The van der Waals surface area contributed by atoms with Gasteiger partial charge in [0.1, 0.15) is 6.54 Å². The van der Waals surface area contributed by atoms with Crippen LogP contribution < -0.4 is 0 Å². The lowest BCUT2D eigenvalue weighted by molar-refractivity contribution is -0.141. The molecular formula is C20H28F5N3O2S. The highest BCUT2D eigenvalue weighted by Crippen LogP contribution is 2.64. The third kappa shape index (κ3) is 4.29. The van der Waals surface area contributed by atoms with Gasteiger partial charge in [0, 0.05) is 46.5 Å². The first-order chi connectivity index (χ1) is 14.2. The van der Waals surface area contributed by atoms with E-state index in [0.717, 1.165) is 67.4 Å². The van der Waals surface area contributed by atoms with E-state index in [1.54, 1.807) is 0 Å². The van der Waals surface area contributed by atoms with Crippen LogP contribution in [-0.4, -0.2) is 61.4 Å². The highest BCUT2D eigenvalue weighted by molar-refractivity contribution is 7.85. The van der Waals surface area contributed by atoms with E-state index in [-0.39, 0.29) is 28.6 Å². The van der Waals surface area contributed by atoms with Gasteiger partial charge < -0.3 is 5.48 Å². The Bertz CT molecular complexity index is 835. The van der Waals surface area contributed by atoms with Crippen molar-refractivity contribution in [1.82, 2.24) is 14.7 Å². The fourth-order valence-corrected chi connectivity index (χ4v) is 8.23. The summed E-state index contributed by atoms with van der Waals surface area (Å²) >= 11 is 0. The number of likely N-dealkylation sites (tertiary alicyclic amines) is 1. The Morgan fingerprint density at radius 3 is 2.52 bits per heavy atom. The highest BCUT2D eigenvalue weighted by Gasteiger charge is 2.59. The zero-order chi connectivity index (χ0) is 21.3. The Balaban J connectivity index is 0.00000231. The number of rotatable bonds is 4. The van der Waals surface area contributed by atoms with Gasteiger partial charge in [-0.3, -0.25) is 13.8 Å². The van der Waals surface area contributed by atoms with Gasteiger partial charge in [-0.15, -0.1) is 0 Å². The molecule has 11 heteroatoms. The summed E-state index contributed by atoms with van der Waals surface area (Å²) in [6.07, 6.45) is -2.32. The normalized spacial score (nSPS) is 37.9. The predicted octanol–water partition coefficient (Wildman–Crippen LogP) is 3.07. The van der Waals surface area contributed by atoms with E-state index in [4.69, 9.17) is 0 Å². The van der Waals surface area contributed by atoms with E-state index in [9.17, 15) is 26.2 Å². The molecule has 1 aromatic heterocycles. The molecule has 0 radical (unpaired) electrons. The minimum Gasteiger partial charge on any atom is -0.412 e. The smallest absolute Gasteiger partial charge is 0.412 e. The fourth-order valence-electron chi connectivity index (χ4n) is 6.36. The van der Waals surface area contributed by atoms with Crippen molar-refractivity contribution in [3.8, 4) is 0 Å². The number of fused-ring (bicyclic) bond motifs is 1. The molecule has 5 rings (SSSR count). The van der Waals surface area contributed by atoms with Crippen molar-refractivity contribution < 1.29 is 31.6 Å². The SMILES string of the molecule is O.O=S1CC[C@@]2(CCCN(C3C[C@@H]4C(c5cc(C(F)(F)F)nn5CC(F)F)[C@@H]4C3)C2)C1. The molecule has 6 atom stereocenters. The van der Waals surface area contributed by atoms with E-state index >= 15 is 0 Å². The number of aromatic nitrogens is 2. The average molecular weight is 470 g/mol. The maximum absolute atomic E-state index is 13.1. The third-order valence-corrected chi connectivity index (χ3v) is 9.30. The molecule has 176 valence electrons. The molecule has 4 aliphatic rings. The van der Waals surface area contributed by atoms with Crippen molar-refractivity contribution in [2.45, 2.75) is 63.2 Å². The molecular weight excluding hydrogens is 441 g/mol. The van der Waals surface area contributed by atoms with Crippen LogP contribution in [0.5, 0.6) is 0 Å². The Kier molecular flexibility index (Phi) is 6.00. The van der Waals surface area contributed by atoms with Crippen LogP contribution in [0, 0.1) is 17.3 Å². The molecule has 0 aromatic carbocycles. The fraction of sp³-hybridized carbons (Fsp3) is 0.850. The van der Waals surface area contributed by atoms with E-state index in [1.165, 1.54) is 0 Å². The average Bonchev–Trinajstić information content (AvgIpc) is 3.03. The van der Waals surface area contributed by atoms with Gasteiger partial charge in [0.05, 0.1) is 0 Å². The van der Waals surface area contributed by atoms with Gasteiger partial charge in [0.15, 0.2) is 5.69 Å². The maximum atomic E-state index is 13.1. The molecule has 2 aliphatic carbocycles. The van der Waals surface area contributed by atoms with E-state index in [0.29, 0.717) is 11.7 Å². The number of nitrogens with zero attached hydrogens (tertiary/aromatic N) is 3. The van der Waals surface area contributed by atoms with Crippen LogP contribution in [0.25, 0.3) is 0 Å². The van der Waals surface area contributed by atoms with E-state index < -0.39 is 35.6 Å². The number of hydrogen-bond donors (Lipinski definition) is 0. The zero-order valence-corrected chi connectivity index (χ0v) is 17.9. The molecule has 5 nitrogen and oxygen atoms in total. The lowest BCUT2D eigenvalue weighted by atomic mass is 9.79. The van der Waals surface area contributed by atoms with Crippen LogP contribution >= 0.6 is 0 Å². The Labute approximate surface area is 180 Å². The first kappa shape index (κ1) is 23.1. The first-order valence-electron chi connectivity index (χ1n) is 10.7. The minimum atomic E-state index is -4.63. The summed E-state index contributed by atoms with van der Waals surface area (Å²) in [5, 5.41) is 3.45. The number of hydrogen-bond acceptors (Lipinski definition) is 3.